The van der Waals surface area contributed by atoms with E-state index in [4.69, 9.17) is 34.7 Å². The largest absolute Gasteiger partial charge is 0.368 e. The summed E-state index contributed by atoms with van der Waals surface area (Å²) in [4.78, 5) is 55.0. The lowest BCUT2D eigenvalue weighted by molar-refractivity contribution is -0.146. The molecule has 1 aliphatic rings. The van der Waals surface area contributed by atoms with Crippen LogP contribution in [0.1, 0.15) is 59.6 Å². The molecule has 5 N–H and O–H groups in total. The van der Waals surface area contributed by atoms with E-state index in [9.17, 15) is 19.2 Å². The van der Waals surface area contributed by atoms with E-state index in [1.165, 1.54) is 4.90 Å². The number of hydrogen-bond donors (Lipinski definition) is 3. The number of fused-ring (bicyclic) bond motifs is 1. The third-order valence-corrected chi connectivity index (χ3v) is 8.31. The standard InChI is InChI=1S/C32H34Cl2N4O4/c33-25-14-13-22(19-26(25)34)37-32(42)24(12-6-7-17-35)30-23-11-5-4-10-21(23)18-27(31(36)41)38(30)29(40)16-15-28(39)20-8-2-1-3-9-20/h1-5,8-11,13-14,19,24,27,30H,6-7,12,15-18,35H2,(H2,36,41)(H,37,42)/t24-,27?,30?/m0/s1. The third-order valence-electron chi connectivity index (χ3n) is 7.57. The van der Waals surface area contributed by atoms with Gasteiger partial charge >= 0.3 is 0 Å². The SMILES string of the molecule is NCCCC[C@H](C(=O)Nc1ccc(Cl)c(Cl)c1)C1c2ccccc2CC(C(N)=O)N1C(=O)CCC(=O)c1ccccc1. The average molecular weight is 610 g/mol. The molecular weight excluding hydrogens is 575 g/mol. The minimum absolute atomic E-state index is 0.0491. The van der Waals surface area contributed by atoms with Gasteiger partial charge in [0.1, 0.15) is 6.04 Å². The van der Waals surface area contributed by atoms with E-state index in [2.05, 4.69) is 5.32 Å². The fourth-order valence-corrected chi connectivity index (χ4v) is 5.80. The van der Waals surface area contributed by atoms with Crippen LogP contribution in [0.5, 0.6) is 0 Å². The molecule has 0 bridgehead atoms. The Labute approximate surface area is 255 Å². The fourth-order valence-electron chi connectivity index (χ4n) is 5.50. The van der Waals surface area contributed by atoms with Gasteiger partial charge in [0.05, 0.1) is 22.0 Å². The highest BCUT2D eigenvalue weighted by molar-refractivity contribution is 6.42. The molecule has 1 heterocycles. The van der Waals surface area contributed by atoms with Crippen molar-refractivity contribution in [2.45, 2.75) is 50.6 Å². The van der Waals surface area contributed by atoms with Crippen LogP contribution in [-0.2, 0) is 20.8 Å². The Bertz CT molecular complexity index is 1450. The summed E-state index contributed by atoms with van der Waals surface area (Å²) in [5, 5.41) is 3.55. The van der Waals surface area contributed by atoms with Gasteiger partial charge in [-0.25, -0.2) is 0 Å². The third kappa shape index (κ3) is 7.37. The van der Waals surface area contributed by atoms with E-state index in [1.54, 1.807) is 42.5 Å². The number of primary amides is 1. The van der Waals surface area contributed by atoms with E-state index >= 15 is 0 Å². The molecule has 3 aromatic rings. The first-order valence-corrected chi connectivity index (χ1v) is 14.7. The van der Waals surface area contributed by atoms with E-state index < -0.39 is 29.8 Å². The summed E-state index contributed by atoms with van der Waals surface area (Å²) in [6.45, 7) is 0.441. The number of Topliss-reactive ketones (excluding diaryl/α,β-unsaturated/α-hetero) is 1. The smallest absolute Gasteiger partial charge is 0.240 e. The number of carbonyl (C=O) groups excluding carboxylic acids is 4. The van der Waals surface area contributed by atoms with Crippen LogP contribution in [-0.4, -0.2) is 41.0 Å². The number of carbonyl (C=O) groups is 4. The van der Waals surface area contributed by atoms with Crippen molar-refractivity contribution >= 4 is 52.4 Å². The molecule has 0 fully saturated rings. The molecule has 3 atom stereocenters. The lowest BCUT2D eigenvalue weighted by Gasteiger charge is -2.45. The fraction of sp³-hybridized carbons (Fsp3) is 0.312. The molecule has 0 saturated carbocycles. The van der Waals surface area contributed by atoms with E-state index in [0.29, 0.717) is 42.1 Å². The van der Waals surface area contributed by atoms with Crippen LogP contribution in [0.25, 0.3) is 0 Å². The number of nitrogens with two attached hydrogens (primary N) is 2. The van der Waals surface area contributed by atoms with Gasteiger partial charge in [-0.15, -0.1) is 0 Å². The van der Waals surface area contributed by atoms with Gasteiger partial charge in [0.15, 0.2) is 5.78 Å². The summed E-state index contributed by atoms with van der Waals surface area (Å²) in [5.74, 6) is -2.40. The molecule has 3 amide bonds. The Morgan fingerprint density at radius 1 is 0.905 bits per heavy atom. The number of halogens is 2. The van der Waals surface area contributed by atoms with Gasteiger partial charge in [0, 0.05) is 30.5 Å². The number of rotatable bonds is 12. The number of benzene rings is 3. The Morgan fingerprint density at radius 3 is 2.31 bits per heavy atom. The van der Waals surface area contributed by atoms with Crippen LogP contribution < -0.4 is 16.8 Å². The van der Waals surface area contributed by atoms with Gasteiger partial charge in [0.25, 0.3) is 0 Å². The molecule has 1 aliphatic heterocycles. The number of nitrogens with zero attached hydrogens (tertiary/aromatic N) is 1. The Morgan fingerprint density at radius 2 is 1.62 bits per heavy atom. The van der Waals surface area contributed by atoms with Gasteiger partial charge in [-0.1, -0.05) is 84.2 Å². The number of anilines is 1. The molecule has 8 nitrogen and oxygen atoms in total. The molecule has 3 aromatic carbocycles. The van der Waals surface area contributed by atoms with Crippen LogP contribution in [0.15, 0.2) is 72.8 Å². The molecule has 2 unspecified atom stereocenters. The topological polar surface area (TPSA) is 136 Å². The first-order valence-electron chi connectivity index (χ1n) is 13.9. The van der Waals surface area contributed by atoms with E-state index in [-0.39, 0.29) is 36.0 Å². The summed E-state index contributed by atoms with van der Waals surface area (Å²) in [5.41, 5.74) is 14.2. The number of ketones is 1. The predicted octanol–water partition coefficient (Wildman–Crippen LogP) is 5.32. The van der Waals surface area contributed by atoms with Crippen LogP contribution in [0, 0.1) is 5.92 Å². The minimum atomic E-state index is -0.987. The summed E-state index contributed by atoms with van der Waals surface area (Å²) in [6.07, 6.45) is 1.70. The van der Waals surface area contributed by atoms with Crippen LogP contribution in [0.2, 0.25) is 10.0 Å². The molecule has 220 valence electrons. The van der Waals surface area contributed by atoms with Crippen molar-refractivity contribution in [3.63, 3.8) is 0 Å². The predicted molar refractivity (Wildman–Crippen MR) is 164 cm³/mol. The lowest BCUT2D eigenvalue weighted by Crippen LogP contribution is -2.56. The Hall–Kier alpha value is -3.72. The zero-order valence-electron chi connectivity index (χ0n) is 23.1. The van der Waals surface area contributed by atoms with Gasteiger partial charge in [-0.3, -0.25) is 19.2 Å². The van der Waals surface area contributed by atoms with Crippen molar-refractivity contribution in [1.29, 1.82) is 0 Å². The van der Waals surface area contributed by atoms with Crippen molar-refractivity contribution in [1.82, 2.24) is 4.90 Å². The summed E-state index contributed by atoms with van der Waals surface area (Å²) < 4.78 is 0. The van der Waals surface area contributed by atoms with Crippen LogP contribution in [0.3, 0.4) is 0 Å². The highest BCUT2D eigenvalue weighted by atomic mass is 35.5. The second-order valence-electron chi connectivity index (χ2n) is 10.4. The van der Waals surface area contributed by atoms with Crippen molar-refractivity contribution in [2.75, 3.05) is 11.9 Å². The average Bonchev–Trinajstić information content (AvgIpc) is 2.99. The minimum Gasteiger partial charge on any atom is -0.368 e. The molecule has 0 aromatic heterocycles. The zero-order chi connectivity index (χ0) is 30.2. The number of unbranched alkanes of at least 4 members (excludes halogenated alkanes) is 1. The molecular formula is C32H34Cl2N4O4. The summed E-state index contributed by atoms with van der Waals surface area (Å²) in [7, 11) is 0. The molecule has 0 aliphatic carbocycles. The molecule has 42 heavy (non-hydrogen) atoms. The normalized spacial score (nSPS) is 16.8. The summed E-state index contributed by atoms with van der Waals surface area (Å²) in [6, 6.07) is 19.1. The number of hydrogen-bond acceptors (Lipinski definition) is 5. The van der Waals surface area contributed by atoms with Gasteiger partial charge < -0.3 is 21.7 Å². The molecule has 0 saturated heterocycles. The van der Waals surface area contributed by atoms with Crippen molar-refractivity contribution < 1.29 is 19.2 Å². The van der Waals surface area contributed by atoms with E-state index in [0.717, 1.165) is 11.1 Å². The molecule has 10 heteroatoms. The van der Waals surface area contributed by atoms with Gasteiger partial charge in [0.2, 0.25) is 17.7 Å². The number of amides is 3. The molecule has 0 spiro atoms. The molecule has 0 radical (unpaired) electrons. The second kappa shape index (κ2) is 14.4. The monoisotopic (exact) mass is 608 g/mol. The highest BCUT2D eigenvalue weighted by Crippen LogP contribution is 2.41. The first kappa shape index (κ1) is 31.2. The zero-order valence-corrected chi connectivity index (χ0v) is 24.6. The highest BCUT2D eigenvalue weighted by Gasteiger charge is 2.45. The van der Waals surface area contributed by atoms with Crippen molar-refractivity contribution in [3.8, 4) is 0 Å². The quantitative estimate of drug-likeness (QED) is 0.189. The number of nitrogens with one attached hydrogen (secondary N) is 1. The summed E-state index contributed by atoms with van der Waals surface area (Å²) >= 11 is 12.3. The maximum absolute atomic E-state index is 14.0. The maximum Gasteiger partial charge on any atom is 0.240 e. The van der Waals surface area contributed by atoms with Crippen LogP contribution >= 0.6 is 23.2 Å². The van der Waals surface area contributed by atoms with Crippen molar-refractivity contribution in [2.24, 2.45) is 17.4 Å². The van der Waals surface area contributed by atoms with Crippen LogP contribution in [0.4, 0.5) is 5.69 Å². The maximum atomic E-state index is 14.0. The van der Waals surface area contributed by atoms with E-state index in [1.807, 2.05) is 30.3 Å². The van der Waals surface area contributed by atoms with Crippen molar-refractivity contribution in [3.05, 3.63) is 99.5 Å². The first-order chi connectivity index (χ1) is 20.2. The van der Waals surface area contributed by atoms with Gasteiger partial charge in [-0.05, 0) is 48.7 Å². The molecule has 4 rings (SSSR count). The Balaban J connectivity index is 1.72. The second-order valence-corrected chi connectivity index (χ2v) is 11.2. The Kier molecular flexibility index (Phi) is 10.7. The lowest BCUT2D eigenvalue weighted by atomic mass is 9.79. The van der Waals surface area contributed by atoms with Gasteiger partial charge in [-0.2, -0.15) is 0 Å².